The Hall–Kier alpha value is -2.58. The van der Waals surface area contributed by atoms with E-state index in [1.165, 1.54) is 6.33 Å². The highest BCUT2D eigenvalue weighted by Crippen LogP contribution is 1.67. The Labute approximate surface area is 118 Å². The molecule has 20 heavy (non-hydrogen) atoms. The predicted molar refractivity (Wildman–Crippen MR) is 74.4 cm³/mol. The van der Waals surface area contributed by atoms with Gasteiger partial charge in [0.05, 0.1) is 6.20 Å². The smallest absolute Gasteiger partial charge is 0.137 e. The number of nitrogens with zero attached hydrogens (tertiary/aromatic N) is 9. The Morgan fingerprint density at radius 2 is 1.45 bits per heavy atom. The molecule has 3 heterocycles. The fraction of sp³-hybridized carbons (Fsp3) is 0.455. The van der Waals surface area contributed by atoms with Crippen LogP contribution in [0.5, 0.6) is 0 Å². The van der Waals surface area contributed by atoms with Gasteiger partial charge in [-0.15, -0.1) is 15.3 Å². The molecule has 110 valence electrons. The zero-order valence-corrected chi connectivity index (χ0v) is 12.5. The third-order valence-corrected chi connectivity index (χ3v) is 1.61. The monoisotopic (exact) mass is 279 g/mol. The second kappa shape index (κ2) is 11.5. The largest absolute Gasteiger partial charge is 0.323 e. The van der Waals surface area contributed by atoms with Gasteiger partial charge in [-0.2, -0.15) is 5.10 Å². The van der Waals surface area contributed by atoms with E-state index in [4.69, 9.17) is 0 Å². The van der Waals surface area contributed by atoms with Gasteiger partial charge >= 0.3 is 0 Å². The highest BCUT2D eigenvalue weighted by Gasteiger charge is 1.71. The van der Waals surface area contributed by atoms with E-state index in [0.717, 1.165) is 0 Å². The van der Waals surface area contributed by atoms with E-state index in [2.05, 4.69) is 30.6 Å². The van der Waals surface area contributed by atoms with E-state index >= 15 is 0 Å². The highest BCUT2D eigenvalue weighted by molar-refractivity contribution is 4.59. The summed E-state index contributed by atoms with van der Waals surface area (Å²) in [6, 6.07) is 0. The molecule has 0 radical (unpaired) electrons. The van der Waals surface area contributed by atoms with Crippen LogP contribution in [0.25, 0.3) is 0 Å². The molecule has 0 amide bonds. The molecule has 0 N–H and O–H groups in total. The molecule has 0 atom stereocenters. The molecule has 3 aromatic heterocycles. The van der Waals surface area contributed by atoms with Crippen molar-refractivity contribution in [3.63, 3.8) is 0 Å². The topological polar surface area (TPSA) is 92.1 Å². The van der Waals surface area contributed by atoms with Crippen molar-refractivity contribution >= 4 is 0 Å². The highest BCUT2D eigenvalue weighted by atomic mass is 15.4. The Morgan fingerprint density at radius 1 is 0.800 bits per heavy atom. The molecule has 0 aliphatic heterocycles. The Balaban J connectivity index is 0.000000255. The summed E-state index contributed by atoms with van der Waals surface area (Å²) >= 11 is 0. The average molecular weight is 279 g/mol. The van der Waals surface area contributed by atoms with Gasteiger partial charge in [-0.05, 0) is 0 Å². The molecular weight excluding hydrogens is 258 g/mol. The third-order valence-electron chi connectivity index (χ3n) is 1.61. The minimum Gasteiger partial charge on any atom is -0.323 e. The number of hydrogen-bond acceptors (Lipinski definition) is 6. The van der Waals surface area contributed by atoms with Crippen LogP contribution in [0.15, 0.2) is 37.7 Å². The van der Waals surface area contributed by atoms with Crippen molar-refractivity contribution in [3.05, 3.63) is 37.7 Å². The summed E-state index contributed by atoms with van der Waals surface area (Å²) in [5.41, 5.74) is 0. The summed E-state index contributed by atoms with van der Waals surface area (Å²) in [5, 5.41) is 17.9. The van der Waals surface area contributed by atoms with Crippen LogP contribution in [-0.2, 0) is 21.1 Å². The summed E-state index contributed by atoms with van der Waals surface area (Å²) in [7, 11) is 5.53. The van der Waals surface area contributed by atoms with Crippen molar-refractivity contribution in [2.45, 2.75) is 13.8 Å². The fourth-order valence-electron chi connectivity index (χ4n) is 0.787. The Bertz CT molecular complexity index is 407. The van der Waals surface area contributed by atoms with Crippen molar-refractivity contribution in [1.29, 1.82) is 0 Å². The van der Waals surface area contributed by atoms with Gasteiger partial charge in [0.25, 0.3) is 0 Å². The normalized spacial score (nSPS) is 8.25. The van der Waals surface area contributed by atoms with Crippen molar-refractivity contribution in [2.75, 3.05) is 0 Å². The van der Waals surface area contributed by atoms with Crippen molar-refractivity contribution in [2.24, 2.45) is 21.1 Å². The van der Waals surface area contributed by atoms with E-state index in [1.54, 1.807) is 45.3 Å². The molecule has 0 bridgehead atoms. The van der Waals surface area contributed by atoms with Crippen LogP contribution in [0.2, 0.25) is 0 Å². The molecule has 3 aromatic rings. The summed E-state index contributed by atoms with van der Waals surface area (Å²) < 4.78 is 5.06. The standard InChI is InChI=1S/3C3H5N3.C2H6/c1-6-2-4-5-3-6;1-6-3-4-2-5-6;1-6-3-2-4-5-6;1-2/h3*2-3H,1H3;1-2H3. The van der Waals surface area contributed by atoms with Crippen LogP contribution >= 0.6 is 0 Å². The molecule has 9 heteroatoms. The average Bonchev–Trinajstić information content (AvgIpc) is 3.19. The molecule has 0 spiro atoms. The second-order valence-corrected chi connectivity index (χ2v) is 3.27. The number of aryl methyl sites for hydroxylation is 3. The third kappa shape index (κ3) is 9.45. The minimum atomic E-state index is 1.50. The summed E-state index contributed by atoms with van der Waals surface area (Å²) in [6.07, 6.45) is 9.83. The first kappa shape index (κ1) is 17.4. The van der Waals surface area contributed by atoms with E-state index in [9.17, 15) is 0 Å². The van der Waals surface area contributed by atoms with Crippen LogP contribution < -0.4 is 0 Å². The van der Waals surface area contributed by atoms with Gasteiger partial charge in [0, 0.05) is 27.3 Å². The Kier molecular flexibility index (Phi) is 10.0. The first-order chi connectivity index (χ1) is 9.68. The molecule has 0 saturated carbocycles. The molecule has 0 aliphatic rings. The van der Waals surface area contributed by atoms with E-state index in [1.807, 2.05) is 35.0 Å². The predicted octanol–water partition coefficient (Wildman–Crippen LogP) is 0.472. The lowest BCUT2D eigenvalue weighted by Crippen LogP contribution is -1.85. The van der Waals surface area contributed by atoms with Crippen LogP contribution in [0.1, 0.15) is 13.8 Å². The van der Waals surface area contributed by atoms with Gasteiger partial charge in [0.15, 0.2) is 0 Å². The van der Waals surface area contributed by atoms with Crippen LogP contribution in [0.4, 0.5) is 0 Å². The van der Waals surface area contributed by atoms with Gasteiger partial charge in [0.1, 0.15) is 25.3 Å². The lowest BCUT2D eigenvalue weighted by Gasteiger charge is -1.74. The molecule has 0 aliphatic carbocycles. The minimum absolute atomic E-state index is 1.50. The lowest BCUT2D eigenvalue weighted by atomic mass is 10.9. The maximum Gasteiger partial charge on any atom is 0.137 e. The van der Waals surface area contributed by atoms with Gasteiger partial charge in [-0.1, -0.05) is 19.1 Å². The lowest BCUT2D eigenvalue weighted by molar-refractivity contribution is 0.715. The molecule has 3 rings (SSSR count). The molecule has 9 nitrogen and oxygen atoms in total. The molecule has 0 saturated heterocycles. The number of hydrogen-bond donors (Lipinski definition) is 0. The van der Waals surface area contributed by atoms with E-state index in [0.29, 0.717) is 0 Å². The maximum atomic E-state index is 3.72. The summed E-state index contributed by atoms with van der Waals surface area (Å²) in [5.74, 6) is 0. The zero-order valence-electron chi connectivity index (χ0n) is 12.5. The molecular formula is C11H21N9. The molecule has 0 aromatic carbocycles. The summed E-state index contributed by atoms with van der Waals surface area (Å²) in [6.45, 7) is 4.00. The van der Waals surface area contributed by atoms with E-state index < -0.39 is 0 Å². The number of aromatic nitrogens is 9. The van der Waals surface area contributed by atoms with Crippen molar-refractivity contribution < 1.29 is 0 Å². The first-order valence-corrected chi connectivity index (χ1v) is 6.06. The van der Waals surface area contributed by atoms with E-state index in [-0.39, 0.29) is 0 Å². The fourth-order valence-corrected chi connectivity index (χ4v) is 0.787. The van der Waals surface area contributed by atoms with Crippen LogP contribution in [-0.4, -0.2) is 44.5 Å². The van der Waals surface area contributed by atoms with Gasteiger partial charge < -0.3 is 4.57 Å². The summed E-state index contributed by atoms with van der Waals surface area (Å²) in [4.78, 5) is 3.67. The van der Waals surface area contributed by atoms with Gasteiger partial charge in [-0.25, -0.2) is 4.98 Å². The van der Waals surface area contributed by atoms with Crippen LogP contribution in [0.3, 0.4) is 0 Å². The number of rotatable bonds is 0. The zero-order chi connectivity index (χ0) is 15.2. The molecule has 0 fully saturated rings. The van der Waals surface area contributed by atoms with Crippen molar-refractivity contribution in [3.8, 4) is 0 Å². The Morgan fingerprint density at radius 3 is 1.60 bits per heavy atom. The van der Waals surface area contributed by atoms with Gasteiger partial charge in [-0.3, -0.25) is 9.36 Å². The first-order valence-electron chi connectivity index (χ1n) is 6.06. The SMILES string of the molecule is CC.Cn1ccnn1.Cn1cncn1.Cn1cnnc1. The van der Waals surface area contributed by atoms with Crippen LogP contribution in [0, 0.1) is 0 Å². The molecule has 0 unspecified atom stereocenters. The quantitative estimate of drug-likeness (QED) is 0.594. The maximum absolute atomic E-state index is 3.72. The second-order valence-electron chi connectivity index (χ2n) is 3.27. The van der Waals surface area contributed by atoms with Gasteiger partial charge in [0.2, 0.25) is 0 Å². The van der Waals surface area contributed by atoms with Crippen molar-refractivity contribution in [1.82, 2.24) is 44.5 Å².